The van der Waals surface area contributed by atoms with Crippen molar-refractivity contribution in [3.63, 3.8) is 0 Å². The summed E-state index contributed by atoms with van der Waals surface area (Å²) in [6.07, 6.45) is 5.07. The molecule has 0 radical (unpaired) electrons. The summed E-state index contributed by atoms with van der Waals surface area (Å²) in [6.45, 7) is 8.47. The predicted octanol–water partition coefficient (Wildman–Crippen LogP) is 3.80. The number of benzene rings is 1. The van der Waals surface area contributed by atoms with Crippen LogP contribution in [0.15, 0.2) is 24.3 Å². The van der Waals surface area contributed by atoms with E-state index in [4.69, 9.17) is 4.74 Å². The third-order valence-electron chi connectivity index (χ3n) is 2.94. The van der Waals surface area contributed by atoms with E-state index in [9.17, 15) is 0 Å². The van der Waals surface area contributed by atoms with Gasteiger partial charge in [0, 0.05) is 6.54 Å². The van der Waals surface area contributed by atoms with E-state index in [0.29, 0.717) is 0 Å². The Hall–Kier alpha value is -1.02. The molecule has 0 bridgehead atoms. The second-order valence-corrected chi connectivity index (χ2v) is 4.88. The van der Waals surface area contributed by atoms with Crippen molar-refractivity contribution >= 4 is 0 Å². The highest BCUT2D eigenvalue weighted by atomic mass is 16.5. The molecule has 0 aliphatic heterocycles. The Labute approximate surface area is 112 Å². The fourth-order valence-electron chi connectivity index (χ4n) is 1.87. The van der Waals surface area contributed by atoms with Gasteiger partial charge in [-0.15, -0.1) is 0 Å². The highest BCUT2D eigenvalue weighted by molar-refractivity contribution is 5.27. The van der Waals surface area contributed by atoms with E-state index in [1.807, 2.05) is 0 Å². The molecule has 0 aliphatic rings. The Morgan fingerprint density at radius 3 is 2.44 bits per heavy atom. The molecular weight excluding hydrogens is 222 g/mol. The van der Waals surface area contributed by atoms with E-state index < -0.39 is 0 Å². The number of unbranched alkanes of at least 4 members (excludes halogenated alkanes) is 1. The number of ether oxygens (including phenoxy) is 1. The fourth-order valence-corrected chi connectivity index (χ4v) is 1.87. The fraction of sp³-hybridized carbons (Fsp3) is 0.625. The molecule has 0 fully saturated rings. The Morgan fingerprint density at radius 2 is 1.83 bits per heavy atom. The van der Waals surface area contributed by atoms with E-state index in [1.165, 1.54) is 31.2 Å². The summed E-state index contributed by atoms with van der Waals surface area (Å²) in [5.41, 5.74) is 1.40. The number of hydrogen-bond donors (Lipinski definition) is 1. The molecule has 0 aliphatic carbocycles. The van der Waals surface area contributed by atoms with Gasteiger partial charge in [0.2, 0.25) is 0 Å². The van der Waals surface area contributed by atoms with Crippen molar-refractivity contribution in [3.05, 3.63) is 29.8 Å². The standard InChI is InChI=1S/C16H27NO/c1-4-6-7-15-8-10-16(11-9-15)18-14(3)13-17-12-5-2/h8-11,14,17H,4-7,12-13H2,1-3H3. The molecule has 1 rings (SSSR count). The van der Waals surface area contributed by atoms with Crippen molar-refractivity contribution < 1.29 is 4.74 Å². The average molecular weight is 249 g/mol. The minimum absolute atomic E-state index is 0.220. The van der Waals surface area contributed by atoms with Gasteiger partial charge in [-0.05, 0) is 50.4 Å². The van der Waals surface area contributed by atoms with Gasteiger partial charge in [-0.1, -0.05) is 32.4 Å². The molecule has 18 heavy (non-hydrogen) atoms. The molecule has 0 saturated heterocycles. The van der Waals surface area contributed by atoms with E-state index in [-0.39, 0.29) is 6.10 Å². The SMILES string of the molecule is CCCCc1ccc(OC(C)CNCCC)cc1. The third kappa shape index (κ3) is 6.06. The topological polar surface area (TPSA) is 21.3 Å². The molecule has 0 saturated carbocycles. The van der Waals surface area contributed by atoms with Gasteiger partial charge in [0.25, 0.3) is 0 Å². The first-order chi connectivity index (χ1) is 8.76. The normalized spacial score (nSPS) is 12.4. The molecule has 1 aromatic carbocycles. The maximum Gasteiger partial charge on any atom is 0.119 e. The Morgan fingerprint density at radius 1 is 1.11 bits per heavy atom. The lowest BCUT2D eigenvalue weighted by molar-refractivity contribution is 0.217. The molecule has 102 valence electrons. The predicted molar refractivity (Wildman–Crippen MR) is 78.3 cm³/mol. The van der Waals surface area contributed by atoms with E-state index in [2.05, 4.69) is 50.4 Å². The molecule has 1 N–H and O–H groups in total. The lowest BCUT2D eigenvalue weighted by atomic mass is 10.1. The van der Waals surface area contributed by atoms with Crippen LogP contribution < -0.4 is 10.1 Å². The van der Waals surface area contributed by atoms with Crippen molar-refractivity contribution in [3.8, 4) is 5.75 Å². The Kier molecular flexibility index (Phi) is 7.51. The van der Waals surface area contributed by atoms with Crippen molar-refractivity contribution in [2.24, 2.45) is 0 Å². The van der Waals surface area contributed by atoms with Gasteiger partial charge < -0.3 is 10.1 Å². The summed E-state index contributed by atoms with van der Waals surface area (Å²) in [4.78, 5) is 0. The third-order valence-corrected chi connectivity index (χ3v) is 2.94. The van der Waals surface area contributed by atoms with E-state index in [0.717, 1.165) is 18.8 Å². The average Bonchev–Trinajstić information content (AvgIpc) is 2.38. The Bertz CT molecular complexity index is 307. The van der Waals surface area contributed by atoms with Crippen LogP contribution in [0.2, 0.25) is 0 Å². The molecule has 1 aromatic rings. The first-order valence-corrected chi connectivity index (χ1v) is 7.22. The molecule has 1 atom stereocenters. The van der Waals surface area contributed by atoms with Gasteiger partial charge in [-0.25, -0.2) is 0 Å². The molecule has 0 heterocycles. The van der Waals surface area contributed by atoms with E-state index in [1.54, 1.807) is 0 Å². The zero-order valence-electron chi connectivity index (χ0n) is 12.0. The second kappa shape index (κ2) is 8.98. The van der Waals surface area contributed by atoms with Crippen LogP contribution in [0.4, 0.5) is 0 Å². The molecule has 2 heteroatoms. The molecule has 0 spiro atoms. The summed E-state index contributed by atoms with van der Waals surface area (Å²) < 4.78 is 5.86. The van der Waals surface area contributed by atoms with Crippen LogP contribution >= 0.6 is 0 Å². The first-order valence-electron chi connectivity index (χ1n) is 7.22. The monoisotopic (exact) mass is 249 g/mol. The molecule has 0 aromatic heterocycles. The lowest BCUT2D eigenvalue weighted by Crippen LogP contribution is -2.29. The van der Waals surface area contributed by atoms with Crippen molar-refractivity contribution in [1.29, 1.82) is 0 Å². The largest absolute Gasteiger partial charge is 0.489 e. The second-order valence-electron chi connectivity index (χ2n) is 4.88. The number of aryl methyl sites for hydroxylation is 1. The number of nitrogens with one attached hydrogen (secondary N) is 1. The van der Waals surface area contributed by atoms with Gasteiger partial charge in [-0.2, -0.15) is 0 Å². The van der Waals surface area contributed by atoms with Crippen LogP contribution in [0.3, 0.4) is 0 Å². The molecule has 2 nitrogen and oxygen atoms in total. The van der Waals surface area contributed by atoms with Crippen LogP contribution in [0, 0.1) is 0 Å². The van der Waals surface area contributed by atoms with Crippen LogP contribution in [0.25, 0.3) is 0 Å². The highest BCUT2D eigenvalue weighted by Crippen LogP contribution is 2.15. The van der Waals surface area contributed by atoms with Crippen molar-refractivity contribution in [1.82, 2.24) is 5.32 Å². The van der Waals surface area contributed by atoms with Crippen molar-refractivity contribution in [2.45, 2.75) is 52.6 Å². The van der Waals surface area contributed by atoms with Crippen LogP contribution in [0.1, 0.15) is 45.6 Å². The molecule has 1 unspecified atom stereocenters. The first kappa shape index (κ1) is 15.0. The summed E-state index contributed by atoms with van der Waals surface area (Å²) in [7, 11) is 0. The van der Waals surface area contributed by atoms with Gasteiger partial charge in [0.15, 0.2) is 0 Å². The zero-order valence-corrected chi connectivity index (χ0v) is 12.0. The maximum absolute atomic E-state index is 5.86. The van der Waals surface area contributed by atoms with Crippen LogP contribution in [-0.4, -0.2) is 19.2 Å². The van der Waals surface area contributed by atoms with Crippen LogP contribution in [-0.2, 0) is 6.42 Å². The molecular formula is C16H27NO. The Balaban J connectivity index is 2.33. The molecule has 0 amide bonds. The van der Waals surface area contributed by atoms with E-state index >= 15 is 0 Å². The quantitative estimate of drug-likeness (QED) is 0.672. The van der Waals surface area contributed by atoms with Crippen LogP contribution in [0.5, 0.6) is 5.75 Å². The smallest absolute Gasteiger partial charge is 0.119 e. The van der Waals surface area contributed by atoms with Gasteiger partial charge >= 0.3 is 0 Å². The highest BCUT2D eigenvalue weighted by Gasteiger charge is 2.03. The maximum atomic E-state index is 5.86. The zero-order chi connectivity index (χ0) is 13.2. The minimum atomic E-state index is 0.220. The van der Waals surface area contributed by atoms with Crippen molar-refractivity contribution in [2.75, 3.05) is 13.1 Å². The van der Waals surface area contributed by atoms with Gasteiger partial charge in [-0.3, -0.25) is 0 Å². The lowest BCUT2D eigenvalue weighted by Gasteiger charge is -2.15. The van der Waals surface area contributed by atoms with Gasteiger partial charge in [0.05, 0.1) is 0 Å². The summed E-state index contributed by atoms with van der Waals surface area (Å²) >= 11 is 0. The number of rotatable bonds is 9. The number of hydrogen-bond acceptors (Lipinski definition) is 2. The summed E-state index contributed by atoms with van der Waals surface area (Å²) in [6, 6.07) is 8.52. The minimum Gasteiger partial charge on any atom is -0.489 e. The summed E-state index contributed by atoms with van der Waals surface area (Å²) in [5, 5.41) is 3.37. The summed E-state index contributed by atoms with van der Waals surface area (Å²) in [5.74, 6) is 0.973. The van der Waals surface area contributed by atoms with Gasteiger partial charge in [0.1, 0.15) is 11.9 Å².